The molecule has 148 valence electrons. The van der Waals surface area contributed by atoms with E-state index in [1.165, 1.54) is 0 Å². The Kier molecular flexibility index (Phi) is 5.41. The highest BCUT2D eigenvalue weighted by atomic mass is 32.1. The van der Waals surface area contributed by atoms with E-state index in [2.05, 4.69) is 55.9 Å². The molecule has 3 aromatic heterocycles. The van der Waals surface area contributed by atoms with Gasteiger partial charge in [-0.3, -0.25) is 4.90 Å². The Balaban J connectivity index is 1.37. The van der Waals surface area contributed by atoms with Crippen molar-refractivity contribution in [2.75, 3.05) is 31.1 Å². The van der Waals surface area contributed by atoms with E-state index in [-0.39, 0.29) is 0 Å². The molecular formula is C20H26N6OS. The molecular weight excluding hydrogens is 372 g/mol. The summed E-state index contributed by atoms with van der Waals surface area (Å²) in [6.45, 7) is 13.0. The van der Waals surface area contributed by atoms with E-state index >= 15 is 0 Å². The minimum absolute atomic E-state index is 0.360. The highest BCUT2D eigenvalue weighted by molar-refractivity contribution is 7.15. The van der Waals surface area contributed by atoms with E-state index in [4.69, 9.17) is 4.42 Å². The summed E-state index contributed by atoms with van der Waals surface area (Å²) >= 11 is 1.67. The zero-order valence-corrected chi connectivity index (χ0v) is 17.7. The van der Waals surface area contributed by atoms with E-state index in [0.29, 0.717) is 5.92 Å². The molecule has 1 aliphatic heterocycles. The number of nitrogens with zero attached hydrogens (tertiary/aromatic N) is 6. The number of hydrogen-bond acceptors (Lipinski definition) is 8. The maximum Gasteiger partial charge on any atom is 0.181 e. The van der Waals surface area contributed by atoms with Gasteiger partial charge in [0, 0.05) is 38.6 Å². The zero-order chi connectivity index (χ0) is 19.7. The fourth-order valence-corrected chi connectivity index (χ4v) is 4.48. The molecule has 0 radical (unpaired) electrons. The second-order valence-electron chi connectivity index (χ2n) is 7.51. The van der Waals surface area contributed by atoms with Crippen molar-refractivity contribution < 1.29 is 4.42 Å². The smallest absolute Gasteiger partial charge is 0.181 e. The van der Waals surface area contributed by atoms with Crippen molar-refractivity contribution in [3.05, 3.63) is 40.7 Å². The van der Waals surface area contributed by atoms with Gasteiger partial charge >= 0.3 is 0 Å². The number of anilines is 1. The first-order valence-corrected chi connectivity index (χ1v) is 10.5. The van der Waals surface area contributed by atoms with Crippen LogP contribution in [-0.4, -0.2) is 51.2 Å². The van der Waals surface area contributed by atoms with Gasteiger partial charge in [0.15, 0.2) is 12.2 Å². The number of piperazine rings is 1. The molecule has 1 saturated heterocycles. The third kappa shape index (κ3) is 3.93. The van der Waals surface area contributed by atoms with Crippen LogP contribution in [0.2, 0.25) is 0 Å². The predicted molar refractivity (Wildman–Crippen MR) is 111 cm³/mol. The molecule has 0 aromatic carbocycles. The first kappa shape index (κ1) is 19.0. The molecule has 0 bridgehead atoms. The summed E-state index contributed by atoms with van der Waals surface area (Å²) in [6, 6.07) is 4.12. The van der Waals surface area contributed by atoms with Crippen LogP contribution in [0.4, 0.5) is 5.82 Å². The minimum atomic E-state index is 0.360. The molecule has 3 aromatic rings. The Morgan fingerprint density at radius 3 is 2.50 bits per heavy atom. The van der Waals surface area contributed by atoms with Gasteiger partial charge in [-0.2, -0.15) is 0 Å². The van der Waals surface area contributed by atoms with Gasteiger partial charge < -0.3 is 9.32 Å². The third-order valence-electron chi connectivity index (χ3n) is 5.05. The van der Waals surface area contributed by atoms with Crippen LogP contribution in [0.5, 0.6) is 0 Å². The summed E-state index contributed by atoms with van der Waals surface area (Å²) in [6.07, 6.45) is 1.56. The van der Waals surface area contributed by atoms with Crippen molar-refractivity contribution in [2.45, 2.75) is 40.2 Å². The van der Waals surface area contributed by atoms with Crippen molar-refractivity contribution in [2.24, 2.45) is 0 Å². The van der Waals surface area contributed by atoms with Crippen LogP contribution in [-0.2, 0) is 6.54 Å². The van der Waals surface area contributed by atoms with Gasteiger partial charge in [-0.05, 0) is 26.0 Å². The molecule has 7 nitrogen and oxygen atoms in total. The average Bonchev–Trinajstić information content (AvgIpc) is 3.28. The molecule has 0 atom stereocenters. The molecule has 0 amide bonds. The fraction of sp³-hybridized carbons (Fsp3) is 0.500. The van der Waals surface area contributed by atoms with Gasteiger partial charge in [-0.15, -0.1) is 21.5 Å². The summed E-state index contributed by atoms with van der Waals surface area (Å²) in [4.78, 5) is 14.7. The molecule has 0 saturated carbocycles. The first-order valence-electron chi connectivity index (χ1n) is 9.69. The lowest BCUT2D eigenvalue weighted by molar-refractivity contribution is 0.244. The quantitative estimate of drug-likeness (QED) is 0.649. The van der Waals surface area contributed by atoms with Crippen molar-refractivity contribution in [1.29, 1.82) is 0 Å². The van der Waals surface area contributed by atoms with Gasteiger partial charge in [-0.25, -0.2) is 9.97 Å². The van der Waals surface area contributed by atoms with E-state index in [9.17, 15) is 0 Å². The molecule has 0 aliphatic carbocycles. The average molecular weight is 399 g/mol. The number of thiazole rings is 1. The van der Waals surface area contributed by atoms with E-state index in [1.54, 1.807) is 17.7 Å². The summed E-state index contributed by atoms with van der Waals surface area (Å²) in [5.41, 5.74) is 2.98. The maximum atomic E-state index is 5.55. The summed E-state index contributed by atoms with van der Waals surface area (Å²) < 4.78 is 5.55. The van der Waals surface area contributed by atoms with Crippen LogP contribution in [0.15, 0.2) is 22.9 Å². The van der Waals surface area contributed by atoms with Crippen LogP contribution in [0.3, 0.4) is 0 Å². The van der Waals surface area contributed by atoms with Crippen LogP contribution in [0.25, 0.3) is 10.6 Å². The Morgan fingerprint density at radius 2 is 1.89 bits per heavy atom. The fourth-order valence-electron chi connectivity index (χ4n) is 3.60. The molecule has 8 heteroatoms. The van der Waals surface area contributed by atoms with Crippen LogP contribution < -0.4 is 4.90 Å². The molecule has 4 rings (SSSR count). The van der Waals surface area contributed by atoms with Gasteiger partial charge in [0.25, 0.3) is 0 Å². The SMILES string of the molecule is Cc1nc(C)c(-c2ccc(N3CCN(Cc4ncoc4C(C)C)CC3)nn2)s1. The van der Waals surface area contributed by atoms with E-state index < -0.39 is 0 Å². The van der Waals surface area contributed by atoms with E-state index in [0.717, 1.165) is 71.3 Å². The highest BCUT2D eigenvalue weighted by Gasteiger charge is 2.21. The summed E-state index contributed by atoms with van der Waals surface area (Å²) in [7, 11) is 0. The van der Waals surface area contributed by atoms with Gasteiger partial charge in [-0.1, -0.05) is 13.8 Å². The number of oxazole rings is 1. The number of rotatable bonds is 5. The monoisotopic (exact) mass is 398 g/mol. The molecule has 0 unspecified atom stereocenters. The topological polar surface area (TPSA) is 71.2 Å². The number of aromatic nitrogens is 4. The first-order chi connectivity index (χ1) is 13.5. The molecule has 0 N–H and O–H groups in total. The standard InChI is InChI=1S/C20H26N6OS/c1-13(2)19-17(21-12-27-19)11-25-7-9-26(10-8-25)18-6-5-16(23-24-18)20-14(3)22-15(4)28-20/h5-6,12-13H,7-11H2,1-4H3. The largest absolute Gasteiger partial charge is 0.448 e. The van der Waals surface area contributed by atoms with Crippen LogP contribution in [0.1, 0.15) is 41.9 Å². The Hall–Kier alpha value is -2.32. The van der Waals surface area contributed by atoms with Crippen molar-refractivity contribution in [1.82, 2.24) is 25.1 Å². The Labute approximate surface area is 169 Å². The normalized spacial score (nSPS) is 15.5. The van der Waals surface area contributed by atoms with Crippen LogP contribution >= 0.6 is 11.3 Å². The maximum absolute atomic E-state index is 5.55. The molecule has 28 heavy (non-hydrogen) atoms. The molecule has 1 aliphatic rings. The lowest BCUT2D eigenvalue weighted by atomic mass is 10.1. The number of aryl methyl sites for hydroxylation is 2. The zero-order valence-electron chi connectivity index (χ0n) is 16.8. The third-order valence-corrected chi connectivity index (χ3v) is 6.15. The highest BCUT2D eigenvalue weighted by Crippen LogP contribution is 2.28. The molecule has 4 heterocycles. The van der Waals surface area contributed by atoms with Gasteiger partial charge in [0.1, 0.15) is 11.5 Å². The summed E-state index contributed by atoms with van der Waals surface area (Å²) in [5.74, 6) is 2.29. The van der Waals surface area contributed by atoms with Gasteiger partial charge in [0.2, 0.25) is 0 Å². The lowest BCUT2D eigenvalue weighted by Gasteiger charge is -2.34. The van der Waals surface area contributed by atoms with Crippen molar-refractivity contribution in [3.8, 4) is 10.6 Å². The lowest BCUT2D eigenvalue weighted by Crippen LogP contribution is -2.46. The van der Waals surface area contributed by atoms with Crippen molar-refractivity contribution in [3.63, 3.8) is 0 Å². The van der Waals surface area contributed by atoms with Crippen molar-refractivity contribution >= 4 is 17.2 Å². The minimum Gasteiger partial charge on any atom is -0.448 e. The second-order valence-corrected chi connectivity index (χ2v) is 8.71. The Bertz CT molecular complexity index is 925. The Morgan fingerprint density at radius 1 is 1.11 bits per heavy atom. The molecule has 0 spiro atoms. The second kappa shape index (κ2) is 7.97. The van der Waals surface area contributed by atoms with E-state index in [1.807, 2.05) is 13.8 Å². The van der Waals surface area contributed by atoms with Crippen LogP contribution in [0, 0.1) is 13.8 Å². The molecule has 1 fully saturated rings. The number of hydrogen-bond donors (Lipinski definition) is 0. The van der Waals surface area contributed by atoms with Gasteiger partial charge in [0.05, 0.1) is 21.3 Å². The predicted octanol–water partition coefficient (Wildman–Crippen LogP) is 3.65. The summed E-state index contributed by atoms with van der Waals surface area (Å²) in [5, 5.41) is 9.99.